The molecular weight excluding hydrogens is 200 g/mol. The molecule has 2 aromatic heterocycles. The van der Waals surface area contributed by atoms with E-state index in [1.807, 2.05) is 13.8 Å². The second kappa shape index (κ2) is 3.81. The fourth-order valence-electron chi connectivity index (χ4n) is 1.84. The van der Waals surface area contributed by atoms with Crippen LogP contribution in [0.3, 0.4) is 0 Å². The van der Waals surface area contributed by atoms with Crippen LogP contribution in [0.5, 0.6) is 0 Å². The zero-order chi connectivity index (χ0) is 11.9. The molecule has 2 rings (SSSR count). The highest BCUT2D eigenvalue weighted by molar-refractivity contribution is 5.29. The van der Waals surface area contributed by atoms with Crippen molar-refractivity contribution in [2.75, 3.05) is 0 Å². The maximum Gasteiger partial charge on any atom is 0.214 e. The van der Waals surface area contributed by atoms with E-state index in [4.69, 9.17) is 4.42 Å². The molecule has 2 heterocycles. The van der Waals surface area contributed by atoms with E-state index >= 15 is 0 Å². The third-order valence-electron chi connectivity index (χ3n) is 3.29. The Kier molecular flexibility index (Phi) is 2.62. The summed E-state index contributed by atoms with van der Waals surface area (Å²) in [7, 11) is 0. The molecule has 0 spiro atoms. The number of nitrogens with zero attached hydrogens (tertiary/aromatic N) is 2. The lowest BCUT2D eigenvalue weighted by atomic mass is 10.2. The molecule has 0 aliphatic carbocycles. The summed E-state index contributed by atoms with van der Waals surface area (Å²) in [6.07, 6.45) is 2.15. The van der Waals surface area contributed by atoms with Crippen molar-refractivity contribution in [3.05, 3.63) is 40.4 Å². The summed E-state index contributed by atoms with van der Waals surface area (Å²) in [5.41, 5.74) is 4.93. The molecule has 86 valence electrons. The number of hydrogen-bond acceptors (Lipinski definition) is 2. The molecule has 0 unspecified atom stereocenters. The van der Waals surface area contributed by atoms with E-state index in [9.17, 15) is 0 Å². The summed E-state index contributed by atoms with van der Waals surface area (Å²) in [5.74, 6) is 1.70. The Labute approximate surface area is 96.1 Å². The molecule has 0 aliphatic rings. The molecule has 0 fully saturated rings. The molecule has 0 aromatic carbocycles. The summed E-state index contributed by atoms with van der Waals surface area (Å²) in [5, 5.41) is 0. The van der Waals surface area contributed by atoms with E-state index in [0.29, 0.717) is 0 Å². The van der Waals surface area contributed by atoms with Gasteiger partial charge in [0.2, 0.25) is 5.89 Å². The smallest absolute Gasteiger partial charge is 0.214 e. The van der Waals surface area contributed by atoms with Crippen molar-refractivity contribution in [1.82, 2.24) is 9.55 Å². The van der Waals surface area contributed by atoms with Gasteiger partial charge in [-0.3, -0.25) is 0 Å². The molecule has 2 aromatic rings. The van der Waals surface area contributed by atoms with Crippen LogP contribution in [0.15, 0.2) is 10.6 Å². The second-order valence-corrected chi connectivity index (χ2v) is 4.40. The van der Waals surface area contributed by atoms with Crippen molar-refractivity contribution in [1.29, 1.82) is 0 Å². The maximum absolute atomic E-state index is 5.59. The molecule has 0 aliphatic heterocycles. The molecule has 0 radical (unpaired) electrons. The number of aryl methyl sites for hydroxylation is 3. The molecule has 0 saturated carbocycles. The highest BCUT2D eigenvalue weighted by atomic mass is 16.4. The summed E-state index contributed by atoms with van der Waals surface area (Å²) < 4.78 is 7.78. The van der Waals surface area contributed by atoms with Crippen LogP contribution in [0.25, 0.3) is 0 Å². The van der Waals surface area contributed by atoms with E-state index in [0.717, 1.165) is 23.9 Å². The van der Waals surface area contributed by atoms with Crippen LogP contribution in [-0.2, 0) is 6.54 Å². The van der Waals surface area contributed by atoms with Gasteiger partial charge in [-0.2, -0.15) is 0 Å². The minimum absolute atomic E-state index is 0.717. The van der Waals surface area contributed by atoms with Gasteiger partial charge in [0.15, 0.2) is 0 Å². The molecular formula is C13H18N2O. The normalized spacial score (nSPS) is 11.1. The van der Waals surface area contributed by atoms with Crippen LogP contribution >= 0.6 is 0 Å². The zero-order valence-electron chi connectivity index (χ0n) is 10.6. The van der Waals surface area contributed by atoms with Crippen LogP contribution in [-0.4, -0.2) is 9.55 Å². The molecule has 3 nitrogen and oxygen atoms in total. The van der Waals surface area contributed by atoms with Gasteiger partial charge in [0.05, 0.1) is 12.2 Å². The Balaban J connectivity index is 2.30. The molecule has 0 saturated heterocycles. The first kappa shape index (κ1) is 11.0. The van der Waals surface area contributed by atoms with E-state index in [2.05, 4.69) is 36.5 Å². The Morgan fingerprint density at radius 3 is 2.31 bits per heavy atom. The van der Waals surface area contributed by atoms with Crippen LogP contribution in [0.1, 0.15) is 34.2 Å². The van der Waals surface area contributed by atoms with Gasteiger partial charge in [-0.1, -0.05) is 0 Å². The maximum atomic E-state index is 5.59. The van der Waals surface area contributed by atoms with E-state index in [-0.39, 0.29) is 0 Å². The second-order valence-electron chi connectivity index (χ2n) is 4.40. The largest absolute Gasteiger partial charge is 0.444 e. The average molecular weight is 218 g/mol. The lowest BCUT2D eigenvalue weighted by molar-refractivity contribution is 0.455. The highest BCUT2D eigenvalue weighted by Gasteiger charge is 2.10. The van der Waals surface area contributed by atoms with E-state index in [1.54, 1.807) is 0 Å². The summed E-state index contributed by atoms with van der Waals surface area (Å²) in [6.45, 7) is 11.0. The summed E-state index contributed by atoms with van der Waals surface area (Å²) in [6, 6.07) is 0. The van der Waals surface area contributed by atoms with Gasteiger partial charge in [-0.15, -0.1) is 0 Å². The van der Waals surface area contributed by atoms with Gasteiger partial charge in [0, 0.05) is 11.9 Å². The van der Waals surface area contributed by atoms with Gasteiger partial charge >= 0.3 is 0 Å². The third kappa shape index (κ3) is 1.77. The molecule has 0 amide bonds. The van der Waals surface area contributed by atoms with Gasteiger partial charge in [-0.05, 0) is 45.7 Å². The van der Waals surface area contributed by atoms with Gasteiger partial charge < -0.3 is 8.98 Å². The Bertz CT molecular complexity index is 501. The van der Waals surface area contributed by atoms with E-state index < -0.39 is 0 Å². The first-order chi connectivity index (χ1) is 7.49. The molecule has 0 atom stereocenters. The number of oxazole rings is 1. The van der Waals surface area contributed by atoms with Crippen LogP contribution < -0.4 is 0 Å². The standard InChI is InChI=1S/C13H18N2O/c1-8-6-15(11(4)9(8)2)7-13-14-10(3)12(5)16-13/h6H,7H2,1-5H3. The van der Waals surface area contributed by atoms with E-state index in [1.165, 1.54) is 16.8 Å². The quantitative estimate of drug-likeness (QED) is 0.775. The molecule has 16 heavy (non-hydrogen) atoms. The number of aromatic nitrogens is 2. The fourth-order valence-corrected chi connectivity index (χ4v) is 1.84. The monoisotopic (exact) mass is 218 g/mol. The van der Waals surface area contributed by atoms with Gasteiger partial charge in [-0.25, -0.2) is 4.98 Å². The van der Waals surface area contributed by atoms with Crippen molar-refractivity contribution in [3.8, 4) is 0 Å². The fraction of sp³-hybridized carbons (Fsp3) is 0.462. The summed E-state index contributed by atoms with van der Waals surface area (Å²) in [4.78, 5) is 4.40. The van der Waals surface area contributed by atoms with Crippen molar-refractivity contribution in [2.24, 2.45) is 0 Å². The molecule has 0 N–H and O–H groups in total. The lowest BCUT2D eigenvalue weighted by Gasteiger charge is -2.02. The average Bonchev–Trinajstić information content (AvgIpc) is 2.64. The van der Waals surface area contributed by atoms with Crippen LogP contribution in [0.2, 0.25) is 0 Å². The zero-order valence-corrected chi connectivity index (χ0v) is 10.6. The van der Waals surface area contributed by atoms with Crippen molar-refractivity contribution >= 4 is 0 Å². The SMILES string of the molecule is Cc1cn(Cc2nc(C)c(C)o2)c(C)c1C. The predicted molar refractivity (Wildman–Crippen MR) is 63.7 cm³/mol. The number of rotatable bonds is 2. The van der Waals surface area contributed by atoms with Gasteiger partial charge in [0.1, 0.15) is 5.76 Å². The Morgan fingerprint density at radius 1 is 1.19 bits per heavy atom. The Hall–Kier alpha value is -1.51. The summed E-state index contributed by atoms with van der Waals surface area (Å²) >= 11 is 0. The molecule has 0 bridgehead atoms. The Morgan fingerprint density at radius 2 is 1.88 bits per heavy atom. The van der Waals surface area contributed by atoms with Crippen molar-refractivity contribution in [3.63, 3.8) is 0 Å². The van der Waals surface area contributed by atoms with Crippen molar-refractivity contribution in [2.45, 2.75) is 41.2 Å². The first-order valence-corrected chi connectivity index (χ1v) is 5.55. The minimum atomic E-state index is 0.717. The minimum Gasteiger partial charge on any atom is -0.444 e. The van der Waals surface area contributed by atoms with Crippen molar-refractivity contribution < 1.29 is 4.42 Å². The van der Waals surface area contributed by atoms with Crippen LogP contribution in [0.4, 0.5) is 0 Å². The third-order valence-corrected chi connectivity index (χ3v) is 3.29. The lowest BCUT2D eigenvalue weighted by Crippen LogP contribution is -2.00. The van der Waals surface area contributed by atoms with Gasteiger partial charge in [0.25, 0.3) is 0 Å². The number of hydrogen-bond donors (Lipinski definition) is 0. The highest BCUT2D eigenvalue weighted by Crippen LogP contribution is 2.17. The molecule has 3 heteroatoms. The first-order valence-electron chi connectivity index (χ1n) is 5.55. The van der Waals surface area contributed by atoms with Crippen LogP contribution in [0, 0.1) is 34.6 Å². The predicted octanol–water partition coefficient (Wildman–Crippen LogP) is 3.07. The topological polar surface area (TPSA) is 31.0 Å².